The number of aromatic nitrogens is 4. The van der Waals surface area contributed by atoms with E-state index < -0.39 is 0 Å². The van der Waals surface area contributed by atoms with Gasteiger partial charge in [-0.05, 0) is 51.6 Å². The molecule has 36 heavy (non-hydrogen) atoms. The molecule has 188 valence electrons. The van der Waals surface area contributed by atoms with Gasteiger partial charge >= 0.3 is 0 Å². The smallest absolute Gasteiger partial charge is 0.262 e. The normalized spacial score (nSPS) is 20.7. The number of anilines is 3. The summed E-state index contributed by atoms with van der Waals surface area (Å²) in [6, 6.07) is 2.64. The Bertz CT molecular complexity index is 1360. The van der Waals surface area contributed by atoms with E-state index in [4.69, 9.17) is 0 Å². The molecule has 3 aromatic heterocycles. The Morgan fingerprint density at radius 1 is 0.944 bits per heavy atom. The zero-order valence-corrected chi connectivity index (χ0v) is 21.0. The summed E-state index contributed by atoms with van der Waals surface area (Å²) in [5, 5.41) is 4.10. The van der Waals surface area contributed by atoms with E-state index in [1.165, 1.54) is 26.3 Å². The third-order valence-electron chi connectivity index (χ3n) is 8.20. The summed E-state index contributed by atoms with van der Waals surface area (Å²) < 4.78 is 1.83. The summed E-state index contributed by atoms with van der Waals surface area (Å²) in [6.45, 7) is 7.59. The predicted molar refractivity (Wildman–Crippen MR) is 140 cm³/mol. The first-order valence-electron chi connectivity index (χ1n) is 13.1. The quantitative estimate of drug-likeness (QED) is 0.543. The number of fused-ring (bicyclic) bond motifs is 2. The number of hydrogen-bond donors (Lipinski definition) is 1. The van der Waals surface area contributed by atoms with Crippen LogP contribution in [-0.4, -0.2) is 62.4 Å². The Hall–Kier alpha value is -3.33. The molecular formula is C27H33N7O2. The summed E-state index contributed by atoms with van der Waals surface area (Å²) in [5.74, 6) is 1.92. The van der Waals surface area contributed by atoms with Crippen LogP contribution < -0.4 is 15.8 Å². The molecule has 3 aliphatic rings. The lowest BCUT2D eigenvalue weighted by Gasteiger charge is -2.37. The average molecular weight is 488 g/mol. The van der Waals surface area contributed by atoms with Crippen molar-refractivity contribution in [2.24, 2.45) is 0 Å². The molecule has 0 bridgehead atoms. The first-order chi connectivity index (χ1) is 17.5. The number of nitrogens with zero attached hydrogens (tertiary/aromatic N) is 6. The molecule has 2 aliphatic heterocycles. The Balaban J connectivity index is 1.29. The van der Waals surface area contributed by atoms with Crippen molar-refractivity contribution in [3.05, 3.63) is 46.1 Å². The maximum Gasteiger partial charge on any atom is 0.262 e. The van der Waals surface area contributed by atoms with Crippen LogP contribution in [-0.2, 0) is 0 Å². The highest BCUT2D eigenvalue weighted by atomic mass is 16.1. The minimum atomic E-state index is -0.196. The van der Waals surface area contributed by atoms with Crippen LogP contribution in [0.4, 0.5) is 17.5 Å². The zero-order chi connectivity index (χ0) is 24.8. The van der Waals surface area contributed by atoms with E-state index >= 15 is 0 Å². The Morgan fingerprint density at radius 2 is 1.72 bits per heavy atom. The minimum Gasteiger partial charge on any atom is -0.352 e. The lowest BCUT2D eigenvalue weighted by molar-refractivity contribution is 0.101. The molecular weight excluding hydrogens is 454 g/mol. The summed E-state index contributed by atoms with van der Waals surface area (Å²) in [6.07, 6.45) is 12.0. The fourth-order valence-electron chi connectivity index (χ4n) is 6.35. The van der Waals surface area contributed by atoms with Crippen LogP contribution in [0.1, 0.15) is 67.4 Å². The van der Waals surface area contributed by atoms with Crippen molar-refractivity contribution >= 4 is 34.1 Å². The van der Waals surface area contributed by atoms with E-state index in [2.05, 4.69) is 30.1 Å². The molecule has 9 nitrogen and oxygen atoms in total. The van der Waals surface area contributed by atoms with Crippen molar-refractivity contribution in [1.29, 1.82) is 0 Å². The maximum atomic E-state index is 13.4. The molecule has 5 heterocycles. The van der Waals surface area contributed by atoms with Crippen LogP contribution in [0.5, 0.6) is 0 Å². The molecule has 0 spiro atoms. The van der Waals surface area contributed by atoms with Gasteiger partial charge in [0.1, 0.15) is 17.5 Å². The van der Waals surface area contributed by atoms with Gasteiger partial charge in [0.25, 0.3) is 5.56 Å². The fourth-order valence-corrected chi connectivity index (χ4v) is 6.35. The number of hydrogen-bond acceptors (Lipinski definition) is 8. The number of pyridine rings is 2. The maximum absolute atomic E-state index is 13.4. The van der Waals surface area contributed by atoms with Gasteiger partial charge in [-0.25, -0.2) is 15.0 Å². The molecule has 2 saturated heterocycles. The highest BCUT2D eigenvalue weighted by Crippen LogP contribution is 2.33. The first kappa shape index (κ1) is 23.1. The van der Waals surface area contributed by atoms with E-state index in [0.717, 1.165) is 62.0 Å². The van der Waals surface area contributed by atoms with Gasteiger partial charge in [0.15, 0.2) is 5.78 Å². The van der Waals surface area contributed by atoms with Gasteiger partial charge in [-0.2, -0.15) is 0 Å². The van der Waals surface area contributed by atoms with E-state index in [-0.39, 0.29) is 22.9 Å². The van der Waals surface area contributed by atoms with E-state index in [9.17, 15) is 9.59 Å². The van der Waals surface area contributed by atoms with Crippen LogP contribution in [0.2, 0.25) is 0 Å². The molecule has 0 amide bonds. The first-order valence-corrected chi connectivity index (χ1v) is 13.1. The monoisotopic (exact) mass is 487 g/mol. The van der Waals surface area contributed by atoms with Gasteiger partial charge in [-0.1, -0.05) is 12.8 Å². The van der Waals surface area contributed by atoms with E-state index in [1.807, 2.05) is 23.8 Å². The Kier molecular flexibility index (Phi) is 5.95. The molecule has 6 rings (SSSR count). The molecule has 9 heteroatoms. The fraction of sp³-hybridized carbons (Fsp3) is 0.519. The van der Waals surface area contributed by atoms with Crippen molar-refractivity contribution in [2.75, 3.05) is 36.4 Å². The number of carbonyl (C=O) groups is 1. The number of ketones is 1. The summed E-state index contributed by atoms with van der Waals surface area (Å²) in [7, 11) is 0. The molecule has 1 N–H and O–H groups in total. The number of aryl methyl sites for hydroxylation is 1. The standard InChI is InChI=1S/C27H33N7O2/c1-17-21-13-28-23(12-22(21)34(19-6-3-4-7-19)27(36)26(17)18(2)35)31-24-14-30-25(15-29-24)33-11-10-32-9-5-8-20(32)16-33/h12-15,19-20H,3-11,16H2,1-2H3,(H,28,29,31)/t20-/m1/s1. The van der Waals surface area contributed by atoms with Gasteiger partial charge < -0.3 is 14.8 Å². The van der Waals surface area contributed by atoms with Crippen molar-refractivity contribution < 1.29 is 4.79 Å². The van der Waals surface area contributed by atoms with Gasteiger partial charge in [0.2, 0.25) is 0 Å². The van der Waals surface area contributed by atoms with Crippen LogP contribution in [0.3, 0.4) is 0 Å². The van der Waals surface area contributed by atoms with Crippen molar-refractivity contribution in [2.45, 2.75) is 64.5 Å². The van der Waals surface area contributed by atoms with Crippen molar-refractivity contribution in [3.8, 4) is 0 Å². The number of nitrogens with one attached hydrogen (secondary N) is 1. The third-order valence-corrected chi connectivity index (χ3v) is 8.20. The SMILES string of the molecule is CC(=O)c1c(C)c2cnc(Nc3cnc(N4CCN5CCC[C@@H]5C4)cn3)cc2n(C2CCCC2)c1=O. The topological polar surface area (TPSA) is 96.2 Å². The second-order valence-electron chi connectivity index (χ2n) is 10.4. The second-order valence-corrected chi connectivity index (χ2v) is 10.4. The highest BCUT2D eigenvalue weighted by molar-refractivity contribution is 6.00. The lowest BCUT2D eigenvalue weighted by atomic mass is 10.0. The molecule has 1 saturated carbocycles. The molecule has 1 atom stereocenters. The molecule has 0 aromatic carbocycles. The lowest BCUT2D eigenvalue weighted by Crippen LogP contribution is -2.50. The highest BCUT2D eigenvalue weighted by Gasteiger charge is 2.31. The zero-order valence-electron chi connectivity index (χ0n) is 21.0. The van der Waals surface area contributed by atoms with Crippen molar-refractivity contribution in [3.63, 3.8) is 0 Å². The average Bonchev–Trinajstić information content (AvgIpc) is 3.56. The Morgan fingerprint density at radius 3 is 2.47 bits per heavy atom. The molecule has 0 unspecified atom stereocenters. The van der Waals surface area contributed by atoms with Gasteiger partial charge in [0, 0.05) is 49.4 Å². The number of Topliss-reactive ketones (excluding diaryl/α,β-unsaturated/α-hetero) is 1. The van der Waals surface area contributed by atoms with Gasteiger partial charge in [0.05, 0.1) is 23.5 Å². The van der Waals surface area contributed by atoms with Gasteiger partial charge in [-0.15, -0.1) is 0 Å². The summed E-state index contributed by atoms with van der Waals surface area (Å²) in [5.41, 5.74) is 1.59. The summed E-state index contributed by atoms with van der Waals surface area (Å²) in [4.78, 5) is 44.5. The van der Waals surface area contributed by atoms with Crippen molar-refractivity contribution in [1.82, 2.24) is 24.4 Å². The number of rotatable bonds is 5. The Labute approximate surface area is 210 Å². The molecule has 1 aliphatic carbocycles. The van der Waals surface area contributed by atoms with Crippen LogP contribution in [0, 0.1) is 6.92 Å². The molecule has 3 fully saturated rings. The number of carbonyl (C=O) groups excluding carboxylic acids is 1. The third kappa shape index (κ3) is 4.05. The van der Waals surface area contributed by atoms with Gasteiger partial charge in [-0.3, -0.25) is 14.5 Å². The van der Waals surface area contributed by atoms with Crippen LogP contribution in [0.15, 0.2) is 29.5 Å². The van der Waals surface area contributed by atoms with Crippen LogP contribution in [0.25, 0.3) is 10.9 Å². The summed E-state index contributed by atoms with van der Waals surface area (Å²) >= 11 is 0. The minimum absolute atomic E-state index is 0.105. The number of piperazine rings is 1. The van der Waals surface area contributed by atoms with E-state index in [1.54, 1.807) is 12.4 Å². The molecule has 3 aromatic rings. The second kappa shape index (κ2) is 9.28. The van der Waals surface area contributed by atoms with Crippen LogP contribution >= 0.6 is 0 Å². The predicted octanol–water partition coefficient (Wildman–Crippen LogP) is 3.84. The van der Waals surface area contributed by atoms with E-state index in [0.29, 0.717) is 23.2 Å². The molecule has 0 radical (unpaired) electrons. The largest absolute Gasteiger partial charge is 0.352 e.